The molecule has 18 heavy (non-hydrogen) atoms. The second kappa shape index (κ2) is 4.42. The van der Waals surface area contributed by atoms with Gasteiger partial charge in [-0.05, 0) is 29.3 Å². The highest BCUT2D eigenvalue weighted by molar-refractivity contribution is 5.98. The standard InChI is InChI=1S/C15H15NO2/c17-14-7-8-16(10-14)15(18)13-6-5-11-3-1-2-4-12(11)9-13/h1-6,9,14,17H,7-8,10H2. The number of hydrogen-bond donors (Lipinski definition) is 1. The van der Waals surface area contributed by atoms with Crippen molar-refractivity contribution in [1.29, 1.82) is 0 Å². The van der Waals surface area contributed by atoms with Crippen LogP contribution in [0.5, 0.6) is 0 Å². The van der Waals surface area contributed by atoms with Gasteiger partial charge in [0.2, 0.25) is 0 Å². The van der Waals surface area contributed by atoms with E-state index >= 15 is 0 Å². The van der Waals surface area contributed by atoms with E-state index < -0.39 is 0 Å². The molecule has 3 rings (SSSR count). The second-order valence-corrected chi connectivity index (χ2v) is 4.76. The Morgan fingerprint density at radius 1 is 1.17 bits per heavy atom. The van der Waals surface area contributed by atoms with Crippen molar-refractivity contribution in [1.82, 2.24) is 4.90 Å². The fraction of sp³-hybridized carbons (Fsp3) is 0.267. The third-order valence-corrected chi connectivity index (χ3v) is 3.45. The highest BCUT2D eigenvalue weighted by Gasteiger charge is 2.25. The van der Waals surface area contributed by atoms with Gasteiger partial charge in [0.05, 0.1) is 6.10 Å². The summed E-state index contributed by atoms with van der Waals surface area (Å²) < 4.78 is 0. The lowest BCUT2D eigenvalue weighted by Gasteiger charge is -2.15. The van der Waals surface area contributed by atoms with E-state index in [2.05, 4.69) is 0 Å². The van der Waals surface area contributed by atoms with E-state index in [-0.39, 0.29) is 12.0 Å². The number of β-amino-alcohol motifs (C(OH)–C–C–N with tert-alkyl or cyclic N) is 1. The van der Waals surface area contributed by atoms with Crippen LogP contribution in [0.2, 0.25) is 0 Å². The predicted octanol–water partition coefficient (Wildman–Crippen LogP) is 2.05. The van der Waals surface area contributed by atoms with Crippen LogP contribution in [0.3, 0.4) is 0 Å². The van der Waals surface area contributed by atoms with Crippen LogP contribution in [0, 0.1) is 0 Å². The Kier molecular flexibility index (Phi) is 2.76. The smallest absolute Gasteiger partial charge is 0.253 e. The zero-order valence-electron chi connectivity index (χ0n) is 10.0. The number of hydrogen-bond acceptors (Lipinski definition) is 2. The number of amides is 1. The van der Waals surface area contributed by atoms with Gasteiger partial charge < -0.3 is 10.0 Å². The normalized spacial score (nSPS) is 19.4. The van der Waals surface area contributed by atoms with Crippen molar-refractivity contribution >= 4 is 16.7 Å². The number of aliphatic hydroxyl groups excluding tert-OH is 1. The fourth-order valence-corrected chi connectivity index (χ4v) is 2.43. The number of likely N-dealkylation sites (tertiary alicyclic amines) is 1. The predicted molar refractivity (Wildman–Crippen MR) is 70.5 cm³/mol. The Morgan fingerprint density at radius 2 is 1.94 bits per heavy atom. The van der Waals surface area contributed by atoms with Crippen molar-refractivity contribution in [2.75, 3.05) is 13.1 Å². The Bertz CT molecular complexity index is 594. The van der Waals surface area contributed by atoms with Crippen LogP contribution in [0.4, 0.5) is 0 Å². The summed E-state index contributed by atoms with van der Waals surface area (Å²) in [6.45, 7) is 1.10. The zero-order chi connectivity index (χ0) is 12.5. The molecule has 3 heteroatoms. The van der Waals surface area contributed by atoms with E-state index in [1.54, 1.807) is 4.90 Å². The number of aliphatic hydroxyl groups is 1. The van der Waals surface area contributed by atoms with E-state index in [0.29, 0.717) is 25.1 Å². The number of benzene rings is 2. The molecule has 1 heterocycles. The van der Waals surface area contributed by atoms with Gasteiger partial charge in [-0.25, -0.2) is 0 Å². The fourth-order valence-electron chi connectivity index (χ4n) is 2.43. The molecule has 0 aliphatic carbocycles. The Balaban J connectivity index is 1.92. The van der Waals surface area contributed by atoms with Crippen LogP contribution in [-0.2, 0) is 0 Å². The molecule has 1 unspecified atom stereocenters. The number of carbonyl (C=O) groups is 1. The number of fused-ring (bicyclic) bond motifs is 1. The highest BCUT2D eigenvalue weighted by atomic mass is 16.3. The maximum absolute atomic E-state index is 12.3. The third kappa shape index (κ3) is 1.97. The van der Waals surface area contributed by atoms with Crippen LogP contribution < -0.4 is 0 Å². The Hall–Kier alpha value is -1.87. The molecule has 1 saturated heterocycles. The summed E-state index contributed by atoms with van der Waals surface area (Å²) >= 11 is 0. The average Bonchev–Trinajstić information content (AvgIpc) is 2.84. The van der Waals surface area contributed by atoms with E-state index in [0.717, 1.165) is 10.8 Å². The van der Waals surface area contributed by atoms with Gasteiger partial charge in [0, 0.05) is 18.7 Å². The lowest BCUT2D eigenvalue weighted by atomic mass is 10.1. The summed E-state index contributed by atoms with van der Waals surface area (Å²) in [5, 5.41) is 11.7. The monoisotopic (exact) mass is 241 g/mol. The van der Waals surface area contributed by atoms with Crippen LogP contribution >= 0.6 is 0 Å². The van der Waals surface area contributed by atoms with Crippen molar-refractivity contribution < 1.29 is 9.90 Å². The molecule has 0 aromatic heterocycles. The first-order valence-corrected chi connectivity index (χ1v) is 6.20. The minimum absolute atomic E-state index is 0.0114. The molecule has 1 amide bonds. The molecule has 0 radical (unpaired) electrons. The first-order valence-electron chi connectivity index (χ1n) is 6.20. The van der Waals surface area contributed by atoms with E-state index in [1.807, 2.05) is 42.5 Å². The van der Waals surface area contributed by atoms with E-state index in [4.69, 9.17) is 0 Å². The SMILES string of the molecule is O=C(c1ccc2ccccc2c1)N1CCC(O)C1. The van der Waals surface area contributed by atoms with Gasteiger partial charge in [0.15, 0.2) is 0 Å². The molecule has 0 saturated carbocycles. The van der Waals surface area contributed by atoms with E-state index in [1.165, 1.54) is 0 Å². The van der Waals surface area contributed by atoms with Crippen LogP contribution in [0.25, 0.3) is 10.8 Å². The van der Waals surface area contributed by atoms with Crippen molar-refractivity contribution in [2.45, 2.75) is 12.5 Å². The molecule has 1 aliphatic rings. The molecule has 1 N–H and O–H groups in total. The molecule has 0 bridgehead atoms. The summed E-state index contributed by atoms with van der Waals surface area (Å²) in [6, 6.07) is 13.7. The van der Waals surface area contributed by atoms with E-state index in [9.17, 15) is 9.90 Å². The number of nitrogens with zero attached hydrogens (tertiary/aromatic N) is 1. The number of carbonyl (C=O) groups excluding carboxylic acids is 1. The molecule has 1 aliphatic heterocycles. The van der Waals surface area contributed by atoms with Crippen molar-refractivity contribution in [3.05, 3.63) is 48.0 Å². The summed E-state index contributed by atoms with van der Waals surface area (Å²) in [7, 11) is 0. The molecule has 2 aromatic rings. The van der Waals surface area contributed by atoms with Crippen molar-refractivity contribution in [2.24, 2.45) is 0 Å². The molecule has 2 aromatic carbocycles. The zero-order valence-corrected chi connectivity index (χ0v) is 10.0. The summed E-state index contributed by atoms with van der Waals surface area (Å²) in [5.41, 5.74) is 0.697. The minimum atomic E-state index is -0.366. The van der Waals surface area contributed by atoms with Crippen molar-refractivity contribution in [3.63, 3.8) is 0 Å². The highest BCUT2D eigenvalue weighted by Crippen LogP contribution is 2.19. The van der Waals surface area contributed by atoms with Gasteiger partial charge >= 0.3 is 0 Å². The van der Waals surface area contributed by atoms with Gasteiger partial charge in [0.1, 0.15) is 0 Å². The minimum Gasteiger partial charge on any atom is -0.391 e. The van der Waals surface area contributed by atoms with Gasteiger partial charge in [-0.15, -0.1) is 0 Å². The van der Waals surface area contributed by atoms with Crippen LogP contribution in [-0.4, -0.2) is 35.1 Å². The van der Waals surface area contributed by atoms with Gasteiger partial charge in [-0.2, -0.15) is 0 Å². The molecular formula is C15H15NO2. The maximum Gasteiger partial charge on any atom is 0.253 e. The van der Waals surface area contributed by atoms with Gasteiger partial charge in [-0.1, -0.05) is 30.3 Å². The summed E-state index contributed by atoms with van der Waals surface area (Å²) in [5.74, 6) is 0.0114. The molecule has 92 valence electrons. The van der Waals surface area contributed by atoms with Crippen LogP contribution in [0.15, 0.2) is 42.5 Å². The molecule has 0 spiro atoms. The lowest BCUT2D eigenvalue weighted by Crippen LogP contribution is -2.29. The first-order chi connectivity index (χ1) is 8.74. The molecule has 3 nitrogen and oxygen atoms in total. The van der Waals surface area contributed by atoms with Gasteiger partial charge in [-0.3, -0.25) is 4.79 Å². The molecular weight excluding hydrogens is 226 g/mol. The molecule has 1 atom stereocenters. The van der Waals surface area contributed by atoms with Crippen LogP contribution in [0.1, 0.15) is 16.8 Å². The largest absolute Gasteiger partial charge is 0.391 e. The topological polar surface area (TPSA) is 40.5 Å². The van der Waals surface area contributed by atoms with Gasteiger partial charge in [0.25, 0.3) is 5.91 Å². The Morgan fingerprint density at radius 3 is 2.67 bits per heavy atom. The maximum atomic E-state index is 12.3. The first kappa shape index (κ1) is 11.2. The molecule has 1 fully saturated rings. The second-order valence-electron chi connectivity index (χ2n) is 4.76. The third-order valence-electron chi connectivity index (χ3n) is 3.45. The number of rotatable bonds is 1. The average molecular weight is 241 g/mol. The lowest BCUT2D eigenvalue weighted by molar-refractivity contribution is 0.0765. The van der Waals surface area contributed by atoms with Crippen molar-refractivity contribution in [3.8, 4) is 0 Å². The summed E-state index contributed by atoms with van der Waals surface area (Å²) in [4.78, 5) is 14.0. The quantitative estimate of drug-likeness (QED) is 0.830. The Labute approximate surface area is 106 Å². The summed E-state index contributed by atoms with van der Waals surface area (Å²) in [6.07, 6.45) is 0.314.